The Morgan fingerprint density at radius 3 is 2.92 bits per heavy atom. The summed E-state index contributed by atoms with van der Waals surface area (Å²) in [5, 5.41) is 8.91. The molecule has 1 aliphatic rings. The molecule has 0 spiro atoms. The number of hydrogen-bond donors (Lipinski definition) is 1. The molecule has 1 fully saturated rings. The lowest BCUT2D eigenvalue weighted by Crippen LogP contribution is -2.43. The summed E-state index contributed by atoms with van der Waals surface area (Å²) in [6.07, 6.45) is 0. The molecule has 1 aliphatic heterocycles. The zero-order valence-electron chi connectivity index (χ0n) is 13.9. The predicted octanol–water partition coefficient (Wildman–Crippen LogP) is 0.649. The number of nitrogens with zero attached hydrogens (tertiary/aromatic N) is 3. The van der Waals surface area contributed by atoms with Crippen LogP contribution in [0.1, 0.15) is 15.4 Å². The fourth-order valence-electron chi connectivity index (χ4n) is 2.41. The maximum Gasteiger partial charge on any atom is 0.272 e. The van der Waals surface area contributed by atoms with Crippen LogP contribution in [0.2, 0.25) is 0 Å². The average Bonchev–Trinajstić information content (AvgIpc) is 3.28. The van der Waals surface area contributed by atoms with Gasteiger partial charge in [-0.2, -0.15) is 5.10 Å². The van der Waals surface area contributed by atoms with Crippen LogP contribution in [-0.2, 0) is 23.1 Å². The van der Waals surface area contributed by atoms with Gasteiger partial charge in [0.25, 0.3) is 11.8 Å². The number of carbonyl (C=O) groups is 2. The molecule has 2 amide bonds. The van der Waals surface area contributed by atoms with E-state index in [1.807, 2.05) is 17.5 Å². The highest BCUT2D eigenvalue weighted by Crippen LogP contribution is 2.13. The Bertz CT molecular complexity index is 723. The van der Waals surface area contributed by atoms with Gasteiger partial charge in [0.15, 0.2) is 12.3 Å². The summed E-state index contributed by atoms with van der Waals surface area (Å²) in [6.45, 7) is 2.61. The van der Waals surface area contributed by atoms with Crippen LogP contribution in [0.25, 0.3) is 0 Å². The molecule has 1 N–H and O–H groups in total. The Morgan fingerprint density at radius 2 is 2.20 bits per heavy atom. The lowest BCUT2D eigenvalue weighted by atomic mass is 10.4. The van der Waals surface area contributed by atoms with E-state index >= 15 is 0 Å². The van der Waals surface area contributed by atoms with Crippen molar-refractivity contribution in [3.05, 3.63) is 34.2 Å². The molecular weight excluding hydrogens is 344 g/mol. The lowest BCUT2D eigenvalue weighted by molar-refractivity contribution is -0.137. The minimum absolute atomic E-state index is 0.0875. The van der Waals surface area contributed by atoms with Gasteiger partial charge in [-0.25, -0.2) is 4.68 Å². The maximum atomic E-state index is 12.2. The van der Waals surface area contributed by atoms with Gasteiger partial charge < -0.3 is 19.7 Å². The molecule has 0 radical (unpaired) electrons. The summed E-state index contributed by atoms with van der Waals surface area (Å²) >= 11 is 1.58. The Kier molecular flexibility index (Phi) is 5.67. The summed E-state index contributed by atoms with van der Waals surface area (Å²) in [6, 6.07) is 5.43. The quantitative estimate of drug-likeness (QED) is 0.813. The monoisotopic (exact) mass is 364 g/mol. The molecule has 0 saturated carbocycles. The topological polar surface area (TPSA) is 85.7 Å². The summed E-state index contributed by atoms with van der Waals surface area (Å²) in [5.41, 5.74) is 0.257. The number of aryl methyl sites for hydroxylation is 1. The van der Waals surface area contributed by atoms with Crippen molar-refractivity contribution < 1.29 is 19.1 Å². The first-order valence-corrected chi connectivity index (χ1v) is 8.84. The van der Waals surface area contributed by atoms with Crippen LogP contribution in [-0.4, -0.2) is 59.4 Å². The molecule has 9 heteroatoms. The SMILES string of the molecule is Cn1nc(C(=O)NCc2cccs2)cc1OCC(=O)N1CCOCC1. The third-order valence-electron chi connectivity index (χ3n) is 3.78. The fraction of sp³-hybridized carbons (Fsp3) is 0.438. The number of carbonyl (C=O) groups excluding carboxylic acids is 2. The number of morpholine rings is 1. The molecular formula is C16H20N4O4S. The first kappa shape index (κ1) is 17.4. The highest BCUT2D eigenvalue weighted by Gasteiger charge is 2.19. The van der Waals surface area contributed by atoms with Crippen molar-refractivity contribution in [2.75, 3.05) is 32.9 Å². The molecule has 3 heterocycles. The molecule has 0 aromatic carbocycles. The van der Waals surface area contributed by atoms with Crippen LogP contribution in [0.5, 0.6) is 5.88 Å². The number of amides is 2. The molecule has 25 heavy (non-hydrogen) atoms. The molecule has 3 rings (SSSR count). The van der Waals surface area contributed by atoms with Crippen molar-refractivity contribution in [3.63, 3.8) is 0 Å². The van der Waals surface area contributed by atoms with Gasteiger partial charge in [-0.1, -0.05) is 6.07 Å². The van der Waals surface area contributed by atoms with Gasteiger partial charge in [0.1, 0.15) is 0 Å². The van der Waals surface area contributed by atoms with E-state index < -0.39 is 0 Å². The van der Waals surface area contributed by atoms with Gasteiger partial charge in [-0.3, -0.25) is 9.59 Å². The van der Waals surface area contributed by atoms with Crippen molar-refractivity contribution in [1.82, 2.24) is 20.0 Å². The Morgan fingerprint density at radius 1 is 1.40 bits per heavy atom. The first-order chi connectivity index (χ1) is 12.1. The van der Waals surface area contributed by atoms with Crippen LogP contribution in [0, 0.1) is 0 Å². The zero-order chi connectivity index (χ0) is 17.6. The highest BCUT2D eigenvalue weighted by molar-refractivity contribution is 7.09. The smallest absolute Gasteiger partial charge is 0.272 e. The third-order valence-corrected chi connectivity index (χ3v) is 4.66. The summed E-state index contributed by atoms with van der Waals surface area (Å²) in [4.78, 5) is 27.0. The minimum Gasteiger partial charge on any atom is -0.468 e. The minimum atomic E-state index is -0.279. The highest BCUT2D eigenvalue weighted by atomic mass is 32.1. The van der Waals surface area contributed by atoms with Gasteiger partial charge in [0, 0.05) is 31.1 Å². The molecule has 0 bridgehead atoms. The van der Waals surface area contributed by atoms with E-state index in [1.165, 1.54) is 10.7 Å². The zero-order valence-corrected chi connectivity index (χ0v) is 14.8. The number of thiophene rings is 1. The third kappa shape index (κ3) is 4.58. The van der Waals surface area contributed by atoms with Crippen molar-refractivity contribution in [1.29, 1.82) is 0 Å². The predicted molar refractivity (Wildman–Crippen MR) is 91.6 cm³/mol. The lowest BCUT2D eigenvalue weighted by Gasteiger charge is -2.26. The van der Waals surface area contributed by atoms with Gasteiger partial charge in [-0.15, -0.1) is 11.3 Å². The van der Waals surface area contributed by atoms with E-state index in [1.54, 1.807) is 23.3 Å². The van der Waals surface area contributed by atoms with Crippen molar-refractivity contribution >= 4 is 23.2 Å². The Balaban J connectivity index is 1.52. The van der Waals surface area contributed by atoms with E-state index in [-0.39, 0.29) is 24.1 Å². The number of hydrogen-bond acceptors (Lipinski definition) is 6. The van der Waals surface area contributed by atoms with E-state index in [9.17, 15) is 9.59 Å². The number of rotatable bonds is 6. The maximum absolute atomic E-state index is 12.2. The number of nitrogens with one attached hydrogen (secondary N) is 1. The van der Waals surface area contributed by atoms with Crippen LogP contribution in [0.15, 0.2) is 23.6 Å². The molecule has 2 aromatic heterocycles. The molecule has 1 saturated heterocycles. The molecule has 0 unspecified atom stereocenters. The second-order valence-corrected chi connectivity index (χ2v) is 6.57. The number of aromatic nitrogens is 2. The fourth-order valence-corrected chi connectivity index (χ4v) is 3.05. The second-order valence-electron chi connectivity index (χ2n) is 5.54. The van der Waals surface area contributed by atoms with Crippen LogP contribution in [0.4, 0.5) is 0 Å². The molecule has 0 aliphatic carbocycles. The standard InChI is InChI=1S/C16H20N4O4S/c1-19-15(24-11-14(21)20-4-6-23-7-5-20)9-13(18-19)16(22)17-10-12-3-2-8-25-12/h2-3,8-9H,4-7,10-11H2,1H3,(H,17,22). The van der Waals surface area contributed by atoms with Crippen molar-refractivity contribution in [2.24, 2.45) is 7.05 Å². The van der Waals surface area contributed by atoms with Gasteiger partial charge in [-0.05, 0) is 11.4 Å². The van der Waals surface area contributed by atoms with E-state index in [2.05, 4.69) is 10.4 Å². The number of ether oxygens (including phenoxy) is 2. The van der Waals surface area contributed by atoms with E-state index in [4.69, 9.17) is 9.47 Å². The summed E-state index contributed by atoms with van der Waals surface area (Å²) < 4.78 is 12.2. The van der Waals surface area contributed by atoms with E-state index in [0.29, 0.717) is 38.7 Å². The largest absolute Gasteiger partial charge is 0.468 e. The Hall–Kier alpha value is -2.39. The first-order valence-electron chi connectivity index (χ1n) is 7.96. The Labute approximate surface area is 149 Å². The molecule has 0 atom stereocenters. The molecule has 134 valence electrons. The van der Waals surface area contributed by atoms with E-state index in [0.717, 1.165) is 4.88 Å². The van der Waals surface area contributed by atoms with Gasteiger partial charge >= 0.3 is 0 Å². The van der Waals surface area contributed by atoms with Gasteiger partial charge in [0.05, 0.1) is 19.8 Å². The average molecular weight is 364 g/mol. The molecule has 8 nitrogen and oxygen atoms in total. The summed E-state index contributed by atoms with van der Waals surface area (Å²) in [7, 11) is 1.67. The summed E-state index contributed by atoms with van der Waals surface area (Å²) in [5.74, 6) is -0.00515. The van der Waals surface area contributed by atoms with Crippen LogP contribution < -0.4 is 10.1 Å². The van der Waals surface area contributed by atoms with Crippen molar-refractivity contribution in [3.8, 4) is 5.88 Å². The second kappa shape index (κ2) is 8.13. The molecule has 2 aromatic rings. The van der Waals surface area contributed by atoms with Gasteiger partial charge in [0.2, 0.25) is 5.88 Å². The van der Waals surface area contributed by atoms with Crippen LogP contribution >= 0.6 is 11.3 Å². The van der Waals surface area contributed by atoms with Crippen molar-refractivity contribution in [2.45, 2.75) is 6.54 Å². The van der Waals surface area contributed by atoms with Crippen LogP contribution in [0.3, 0.4) is 0 Å². The normalized spacial score (nSPS) is 14.4.